The van der Waals surface area contributed by atoms with Crippen molar-refractivity contribution in [1.29, 1.82) is 0 Å². The van der Waals surface area contributed by atoms with Crippen molar-refractivity contribution in [3.05, 3.63) is 58.9 Å². The van der Waals surface area contributed by atoms with E-state index in [9.17, 15) is 18.0 Å². The number of thiazole rings is 1. The van der Waals surface area contributed by atoms with E-state index in [1.165, 1.54) is 11.3 Å². The van der Waals surface area contributed by atoms with Gasteiger partial charge in [0.05, 0.1) is 23.0 Å². The number of H-pyrrole nitrogens is 1. The average Bonchev–Trinajstić information content (AvgIpc) is 3.27. The Morgan fingerprint density at radius 1 is 1.24 bits per heavy atom. The monoisotopic (exact) mass is 417 g/mol. The number of nitrogens with one attached hydrogen (secondary N) is 2. The van der Waals surface area contributed by atoms with Gasteiger partial charge in [0.2, 0.25) is 5.91 Å². The highest BCUT2D eigenvalue weighted by molar-refractivity contribution is 7.15. The fourth-order valence-corrected chi connectivity index (χ4v) is 3.62. The molecule has 2 N–H and O–H groups in total. The topological polar surface area (TPSA) is 83.6 Å². The fraction of sp³-hybridized carbons (Fsp3) is 0.158. The highest BCUT2D eigenvalue weighted by atomic mass is 32.1. The lowest BCUT2D eigenvalue weighted by atomic mass is 10.1. The number of aromatic nitrogens is 4. The van der Waals surface area contributed by atoms with Crippen molar-refractivity contribution in [2.45, 2.75) is 19.5 Å². The second kappa shape index (κ2) is 7.28. The number of carbonyl (C=O) groups excluding carboxylic acids is 1. The van der Waals surface area contributed by atoms with Crippen molar-refractivity contribution in [1.82, 2.24) is 19.9 Å². The minimum atomic E-state index is -4.54. The maximum atomic E-state index is 13.3. The van der Waals surface area contributed by atoms with Crippen LogP contribution in [-0.2, 0) is 17.4 Å². The minimum Gasteiger partial charge on any atom is -0.338 e. The Morgan fingerprint density at radius 2 is 2.07 bits per heavy atom. The molecule has 29 heavy (non-hydrogen) atoms. The predicted octanol–water partition coefficient (Wildman–Crippen LogP) is 4.59. The van der Waals surface area contributed by atoms with Crippen molar-refractivity contribution in [2.75, 3.05) is 5.32 Å². The van der Waals surface area contributed by atoms with Crippen LogP contribution in [0.25, 0.3) is 22.4 Å². The van der Waals surface area contributed by atoms with Crippen LogP contribution in [0.3, 0.4) is 0 Å². The summed E-state index contributed by atoms with van der Waals surface area (Å²) in [7, 11) is 0. The number of anilines is 1. The fourth-order valence-electron chi connectivity index (χ4n) is 2.94. The molecule has 6 nitrogen and oxygen atoms in total. The van der Waals surface area contributed by atoms with Crippen LogP contribution in [0, 0.1) is 6.92 Å². The van der Waals surface area contributed by atoms with Crippen molar-refractivity contribution in [3.8, 4) is 11.4 Å². The number of rotatable bonds is 4. The van der Waals surface area contributed by atoms with Gasteiger partial charge < -0.3 is 10.3 Å². The van der Waals surface area contributed by atoms with E-state index >= 15 is 0 Å². The zero-order chi connectivity index (χ0) is 20.6. The van der Waals surface area contributed by atoms with Crippen LogP contribution in [0.15, 0.2) is 42.9 Å². The molecule has 4 aromatic rings. The summed E-state index contributed by atoms with van der Waals surface area (Å²) in [5.41, 5.74) is 0.584. The Bertz CT molecular complexity index is 1200. The minimum absolute atomic E-state index is 0.0133. The second-order valence-corrected chi connectivity index (χ2v) is 7.55. The van der Waals surface area contributed by atoms with Gasteiger partial charge in [0.15, 0.2) is 5.13 Å². The standard InChI is InChI=1S/C19H14F3N5OS/c1-10-8-24-18(29-10)26-15(28)7-11-3-2-4-14-16(11)27-17(25-14)12-9-23-6-5-13(12)19(20,21)22/h2-6,8-9H,7H2,1H3,(H,25,27)(H,24,26,28). The zero-order valence-corrected chi connectivity index (χ0v) is 15.9. The first-order valence-electron chi connectivity index (χ1n) is 8.53. The first kappa shape index (κ1) is 19.1. The van der Waals surface area contributed by atoms with Gasteiger partial charge in [-0.05, 0) is 24.6 Å². The number of nitrogens with zero attached hydrogens (tertiary/aromatic N) is 3. The van der Waals surface area contributed by atoms with Crippen LogP contribution in [0.2, 0.25) is 0 Å². The Labute approximate surface area is 166 Å². The number of imidazole rings is 1. The van der Waals surface area contributed by atoms with E-state index < -0.39 is 11.7 Å². The summed E-state index contributed by atoms with van der Waals surface area (Å²) in [6.07, 6.45) is -0.652. The van der Waals surface area contributed by atoms with Crippen LogP contribution in [0.1, 0.15) is 16.0 Å². The molecule has 10 heteroatoms. The normalized spacial score (nSPS) is 11.7. The molecule has 148 valence electrons. The van der Waals surface area contributed by atoms with Gasteiger partial charge in [-0.1, -0.05) is 12.1 Å². The number of benzene rings is 1. The van der Waals surface area contributed by atoms with Crippen molar-refractivity contribution >= 4 is 33.4 Å². The predicted molar refractivity (Wildman–Crippen MR) is 104 cm³/mol. The van der Waals surface area contributed by atoms with E-state index in [-0.39, 0.29) is 23.7 Å². The van der Waals surface area contributed by atoms with Crippen molar-refractivity contribution in [3.63, 3.8) is 0 Å². The zero-order valence-electron chi connectivity index (χ0n) is 15.0. The highest BCUT2D eigenvalue weighted by Gasteiger charge is 2.34. The third-order valence-electron chi connectivity index (χ3n) is 4.20. The summed E-state index contributed by atoms with van der Waals surface area (Å²) in [5.74, 6) is -0.238. The molecule has 0 unspecified atom stereocenters. The summed E-state index contributed by atoms with van der Waals surface area (Å²) < 4.78 is 40.0. The van der Waals surface area contributed by atoms with E-state index in [0.717, 1.165) is 23.3 Å². The van der Waals surface area contributed by atoms with E-state index in [4.69, 9.17) is 0 Å². The summed E-state index contributed by atoms with van der Waals surface area (Å²) in [5, 5.41) is 3.21. The van der Waals surface area contributed by atoms with E-state index in [1.54, 1.807) is 24.4 Å². The van der Waals surface area contributed by atoms with Gasteiger partial charge in [-0.2, -0.15) is 13.2 Å². The molecule has 0 saturated heterocycles. The molecule has 4 rings (SSSR count). The molecule has 0 radical (unpaired) electrons. The summed E-state index contributed by atoms with van der Waals surface area (Å²) >= 11 is 1.36. The number of carbonyl (C=O) groups is 1. The molecule has 0 atom stereocenters. The molecule has 0 aliphatic heterocycles. The lowest BCUT2D eigenvalue weighted by molar-refractivity contribution is -0.137. The Balaban J connectivity index is 1.67. The Kier molecular flexibility index (Phi) is 4.79. The number of aryl methyl sites for hydroxylation is 1. The molecule has 0 saturated carbocycles. The average molecular weight is 417 g/mol. The van der Waals surface area contributed by atoms with E-state index in [2.05, 4.69) is 25.3 Å². The number of fused-ring (bicyclic) bond motifs is 1. The molecular weight excluding hydrogens is 403 g/mol. The number of amides is 1. The smallest absolute Gasteiger partial charge is 0.338 e. The summed E-state index contributed by atoms with van der Waals surface area (Å²) in [6, 6.07) is 6.04. The number of pyridine rings is 1. The molecule has 3 aromatic heterocycles. The molecule has 1 aromatic carbocycles. The van der Waals surface area contributed by atoms with Gasteiger partial charge in [0.25, 0.3) is 0 Å². The van der Waals surface area contributed by atoms with Crippen molar-refractivity contribution < 1.29 is 18.0 Å². The van der Waals surface area contributed by atoms with Gasteiger partial charge in [0.1, 0.15) is 5.82 Å². The van der Waals surface area contributed by atoms with Gasteiger partial charge in [-0.3, -0.25) is 9.78 Å². The number of halogens is 3. The molecule has 1 amide bonds. The molecule has 0 spiro atoms. The SMILES string of the molecule is Cc1cnc(NC(=O)Cc2cccc3[nH]c(-c4cnccc4C(F)(F)F)nc23)s1. The maximum Gasteiger partial charge on any atom is 0.417 e. The van der Waals surface area contributed by atoms with Gasteiger partial charge in [-0.15, -0.1) is 11.3 Å². The van der Waals surface area contributed by atoms with Gasteiger partial charge in [0, 0.05) is 29.0 Å². The lowest BCUT2D eigenvalue weighted by Crippen LogP contribution is -2.14. The first-order valence-corrected chi connectivity index (χ1v) is 9.34. The highest BCUT2D eigenvalue weighted by Crippen LogP contribution is 2.36. The van der Waals surface area contributed by atoms with Crippen LogP contribution < -0.4 is 5.32 Å². The molecule has 0 bridgehead atoms. The first-order chi connectivity index (χ1) is 13.8. The molecular formula is C19H14F3N5OS. The lowest BCUT2D eigenvalue weighted by Gasteiger charge is -2.09. The summed E-state index contributed by atoms with van der Waals surface area (Å²) in [4.78, 5) is 28.4. The Hall–Kier alpha value is -3.27. The number of para-hydroxylation sites is 1. The number of hydrogen-bond acceptors (Lipinski definition) is 5. The number of aromatic amines is 1. The van der Waals surface area contributed by atoms with Gasteiger partial charge >= 0.3 is 6.18 Å². The molecule has 0 aliphatic rings. The third kappa shape index (κ3) is 3.97. The van der Waals surface area contributed by atoms with E-state index in [0.29, 0.717) is 21.7 Å². The molecule has 0 aliphatic carbocycles. The Morgan fingerprint density at radius 3 is 2.79 bits per heavy atom. The number of hydrogen-bond donors (Lipinski definition) is 2. The van der Waals surface area contributed by atoms with Gasteiger partial charge in [-0.25, -0.2) is 9.97 Å². The maximum absolute atomic E-state index is 13.3. The third-order valence-corrected chi connectivity index (χ3v) is 5.02. The second-order valence-electron chi connectivity index (χ2n) is 6.32. The van der Waals surface area contributed by atoms with Crippen molar-refractivity contribution in [2.24, 2.45) is 0 Å². The summed E-state index contributed by atoms with van der Waals surface area (Å²) in [6.45, 7) is 1.88. The van der Waals surface area contributed by atoms with Crippen LogP contribution in [0.5, 0.6) is 0 Å². The largest absolute Gasteiger partial charge is 0.417 e. The molecule has 3 heterocycles. The number of alkyl halides is 3. The van der Waals surface area contributed by atoms with Crippen LogP contribution in [-0.4, -0.2) is 25.8 Å². The van der Waals surface area contributed by atoms with Crippen LogP contribution in [0.4, 0.5) is 18.3 Å². The molecule has 0 fully saturated rings. The quantitative estimate of drug-likeness (QED) is 0.509. The van der Waals surface area contributed by atoms with E-state index in [1.807, 2.05) is 6.92 Å². The van der Waals surface area contributed by atoms with Crippen LogP contribution >= 0.6 is 11.3 Å².